The standard InChI is InChI=1S/C17H18F3N3O3/c18-17(19,20)16(21-13(24)10-11-6-2-1-3-7-11)14(25)23(15(26)22-16)12-8-4-5-9-12/h1-3,6-7,12H,4-5,8-10H2,(H,21,24)(H,22,26). The van der Waals surface area contributed by atoms with Gasteiger partial charge in [-0.1, -0.05) is 43.2 Å². The molecular formula is C17H18F3N3O3. The van der Waals surface area contributed by atoms with E-state index in [1.54, 1.807) is 41.0 Å². The summed E-state index contributed by atoms with van der Waals surface area (Å²) in [6.45, 7) is 0. The second-order valence-electron chi connectivity index (χ2n) is 6.50. The molecule has 1 saturated carbocycles. The molecule has 3 rings (SSSR count). The number of urea groups is 1. The van der Waals surface area contributed by atoms with Gasteiger partial charge in [-0.05, 0) is 18.4 Å². The van der Waals surface area contributed by atoms with Crippen molar-refractivity contribution in [2.45, 2.75) is 50.0 Å². The van der Waals surface area contributed by atoms with Crippen LogP contribution in [-0.2, 0) is 16.0 Å². The van der Waals surface area contributed by atoms with Crippen LogP contribution in [0.25, 0.3) is 0 Å². The van der Waals surface area contributed by atoms with Gasteiger partial charge in [0.15, 0.2) is 0 Å². The molecule has 0 radical (unpaired) electrons. The minimum atomic E-state index is -5.17. The van der Waals surface area contributed by atoms with Crippen molar-refractivity contribution in [3.05, 3.63) is 35.9 Å². The number of amides is 4. The Balaban J connectivity index is 1.84. The SMILES string of the molecule is O=C(Cc1ccccc1)NC1(C(F)(F)F)NC(=O)N(C2CCCC2)C1=O. The summed E-state index contributed by atoms with van der Waals surface area (Å²) in [5.41, 5.74) is -2.93. The first-order chi connectivity index (χ1) is 12.2. The second-order valence-corrected chi connectivity index (χ2v) is 6.50. The zero-order valence-electron chi connectivity index (χ0n) is 13.8. The fourth-order valence-electron chi connectivity index (χ4n) is 3.42. The van der Waals surface area contributed by atoms with Crippen LogP contribution in [0.1, 0.15) is 31.2 Å². The van der Waals surface area contributed by atoms with Crippen LogP contribution in [0.5, 0.6) is 0 Å². The molecule has 1 aliphatic carbocycles. The maximum atomic E-state index is 13.7. The third-order valence-corrected chi connectivity index (χ3v) is 4.70. The minimum absolute atomic E-state index is 0.342. The van der Waals surface area contributed by atoms with Gasteiger partial charge in [0.1, 0.15) is 0 Å². The fourth-order valence-corrected chi connectivity index (χ4v) is 3.42. The van der Waals surface area contributed by atoms with Gasteiger partial charge >= 0.3 is 12.2 Å². The number of hydrogen-bond acceptors (Lipinski definition) is 3. The van der Waals surface area contributed by atoms with Gasteiger partial charge in [-0.2, -0.15) is 13.2 Å². The Morgan fingerprint density at radius 1 is 1.19 bits per heavy atom. The number of carbonyl (C=O) groups excluding carboxylic acids is 3. The van der Waals surface area contributed by atoms with Crippen molar-refractivity contribution >= 4 is 17.8 Å². The third kappa shape index (κ3) is 3.13. The molecule has 0 bridgehead atoms. The predicted molar refractivity (Wildman–Crippen MR) is 84.7 cm³/mol. The summed E-state index contributed by atoms with van der Waals surface area (Å²) in [6, 6.07) is 6.47. The van der Waals surface area contributed by atoms with Crippen molar-refractivity contribution in [3.63, 3.8) is 0 Å². The lowest BCUT2D eigenvalue weighted by Gasteiger charge is -2.30. The van der Waals surface area contributed by atoms with E-state index in [-0.39, 0.29) is 6.42 Å². The molecule has 0 spiro atoms. The molecule has 1 aliphatic heterocycles. The summed E-state index contributed by atoms with van der Waals surface area (Å²) in [5, 5.41) is 3.41. The highest BCUT2D eigenvalue weighted by atomic mass is 19.4. The van der Waals surface area contributed by atoms with Crippen molar-refractivity contribution in [2.24, 2.45) is 0 Å². The third-order valence-electron chi connectivity index (χ3n) is 4.70. The van der Waals surface area contributed by atoms with Gasteiger partial charge < -0.3 is 5.32 Å². The van der Waals surface area contributed by atoms with E-state index in [1.165, 1.54) is 0 Å². The predicted octanol–water partition coefficient (Wildman–Crippen LogP) is 2.10. The molecule has 1 aromatic rings. The number of carbonyl (C=O) groups is 3. The maximum Gasteiger partial charge on any atom is 0.440 e. The molecule has 9 heteroatoms. The summed E-state index contributed by atoms with van der Waals surface area (Å²) >= 11 is 0. The lowest BCUT2D eigenvalue weighted by molar-refractivity contribution is -0.204. The number of alkyl halides is 3. The Hall–Kier alpha value is -2.58. The van der Waals surface area contributed by atoms with Crippen LogP contribution in [-0.4, -0.2) is 40.6 Å². The molecule has 2 N–H and O–H groups in total. The van der Waals surface area contributed by atoms with Crippen molar-refractivity contribution in [3.8, 4) is 0 Å². The molecule has 6 nitrogen and oxygen atoms in total. The Labute approximate surface area is 147 Å². The van der Waals surface area contributed by atoms with Crippen LogP contribution in [0.4, 0.5) is 18.0 Å². The lowest BCUT2D eigenvalue weighted by atomic mass is 10.1. The van der Waals surface area contributed by atoms with Crippen molar-refractivity contribution < 1.29 is 27.6 Å². The van der Waals surface area contributed by atoms with Crippen LogP contribution < -0.4 is 10.6 Å². The number of imide groups is 1. The number of benzene rings is 1. The average molecular weight is 369 g/mol. The normalized spacial score (nSPS) is 24.0. The number of rotatable bonds is 4. The topological polar surface area (TPSA) is 78.5 Å². The molecule has 140 valence electrons. The zero-order valence-corrected chi connectivity index (χ0v) is 13.8. The smallest absolute Gasteiger partial charge is 0.318 e. The van der Waals surface area contributed by atoms with Crippen LogP contribution in [0.15, 0.2) is 30.3 Å². The van der Waals surface area contributed by atoms with E-state index < -0.39 is 35.7 Å². The molecule has 1 aromatic carbocycles. The summed E-state index contributed by atoms with van der Waals surface area (Å²) in [6.07, 6.45) is -3.11. The van der Waals surface area contributed by atoms with Gasteiger partial charge in [0.25, 0.3) is 11.6 Å². The van der Waals surface area contributed by atoms with E-state index in [0.717, 1.165) is 12.8 Å². The van der Waals surface area contributed by atoms with Gasteiger partial charge in [0.05, 0.1) is 6.42 Å². The van der Waals surface area contributed by atoms with Gasteiger partial charge in [0.2, 0.25) is 5.91 Å². The van der Waals surface area contributed by atoms with Gasteiger partial charge in [-0.15, -0.1) is 0 Å². The quantitative estimate of drug-likeness (QED) is 0.798. The monoisotopic (exact) mass is 369 g/mol. The molecule has 1 unspecified atom stereocenters. The largest absolute Gasteiger partial charge is 0.440 e. The minimum Gasteiger partial charge on any atom is -0.318 e. The summed E-state index contributed by atoms with van der Waals surface area (Å²) in [4.78, 5) is 37.5. The second kappa shape index (κ2) is 6.62. The molecular weight excluding hydrogens is 351 g/mol. The van der Waals surface area contributed by atoms with E-state index in [4.69, 9.17) is 0 Å². The first kappa shape index (κ1) is 18.2. The Morgan fingerprint density at radius 2 is 1.81 bits per heavy atom. The molecule has 2 aliphatic rings. The highest BCUT2D eigenvalue weighted by molar-refractivity contribution is 6.09. The molecule has 2 fully saturated rings. The van der Waals surface area contributed by atoms with E-state index in [2.05, 4.69) is 0 Å². The highest BCUT2D eigenvalue weighted by Gasteiger charge is 2.69. The number of nitrogens with zero attached hydrogens (tertiary/aromatic N) is 1. The molecule has 4 amide bonds. The summed E-state index contributed by atoms with van der Waals surface area (Å²) in [7, 11) is 0. The summed E-state index contributed by atoms with van der Waals surface area (Å²) in [5.74, 6) is -2.47. The zero-order chi connectivity index (χ0) is 18.9. The average Bonchev–Trinajstić information content (AvgIpc) is 3.15. The van der Waals surface area contributed by atoms with Crippen molar-refractivity contribution in [1.82, 2.24) is 15.5 Å². The van der Waals surface area contributed by atoms with Crippen molar-refractivity contribution in [2.75, 3.05) is 0 Å². The molecule has 0 aromatic heterocycles. The fraction of sp³-hybridized carbons (Fsp3) is 0.471. The van der Waals surface area contributed by atoms with Gasteiger partial charge in [0, 0.05) is 6.04 Å². The van der Waals surface area contributed by atoms with E-state index in [9.17, 15) is 27.6 Å². The molecule has 1 heterocycles. The molecule has 26 heavy (non-hydrogen) atoms. The van der Waals surface area contributed by atoms with Crippen LogP contribution >= 0.6 is 0 Å². The highest BCUT2D eigenvalue weighted by Crippen LogP contribution is 2.37. The van der Waals surface area contributed by atoms with Crippen LogP contribution in [0.3, 0.4) is 0 Å². The van der Waals surface area contributed by atoms with Crippen LogP contribution in [0, 0.1) is 0 Å². The number of nitrogens with one attached hydrogen (secondary N) is 2. The Morgan fingerprint density at radius 3 is 2.38 bits per heavy atom. The van der Waals surface area contributed by atoms with Gasteiger partial charge in [-0.3, -0.25) is 19.8 Å². The number of halogens is 3. The number of hydrogen-bond donors (Lipinski definition) is 2. The molecule has 1 saturated heterocycles. The van der Waals surface area contributed by atoms with E-state index >= 15 is 0 Å². The van der Waals surface area contributed by atoms with E-state index in [0.29, 0.717) is 23.3 Å². The Kier molecular flexibility index (Phi) is 4.64. The Bertz CT molecular complexity index is 717. The first-order valence-corrected chi connectivity index (χ1v) is 8.32. The van der Waals surface area contributed by atoms with Crippen LogP contribution in [0.2, 0.25) is 0 Å². The van der Waals surface area contributed by atoms with E-state index in [1.807, 2.05) is 0 Å². The van der Waals surface area contributed by atoms with Gasteiger partial charge in [-0.25, -0.2) is 4.79 Å². The molecule has 1 atom stereocenters. The summed E-state index contributed by atoms with van der Waals surface area (Å²) < 4.78 is 41.2. The first-order valence-electron chi connectivity index (χ1n) is 8.32. The lowest BCUT2D eigenvalue weighted by Crippen LogP contribution is -2.69. The van der Waals surface area contributed by atoms with Crippen molar-refractivity contribution in [1.29, 1.82) is 0 Å². The maximum absolute atomic E-state index is 13.7.